The molecule has 1 fully saturated rings. The molecule has 1 amide bonds. The second kappa shape index (κ2) is 8.44. The molecule has 3 rings (SSSR count). The summed E-state index contributed by atoms with van der Waals surface area (Å²) >= 11 is 0. The lowest BCUT2D eigenvalue weighted by Crippen LogP contribution is -2.36. The Bertz CT molecular complexity index is 772. The van der Waals surface area contributed by atoms with E-state index in [1.165, 1.54) is 18.4 Å². The van der Waals surface area contributed by atoms with Crippen LogP contribution < -0.4 is 20.1 Å². The van der Waals surface area contributed by atoms with Gasteiger partial charge in [-0.25, -0.2) is 0 Å². The van der Waals surface area contributed by atoms with E-state index in [1.807, 2.05) is 13.0 Å². The molecule has 1 saturated carbocycles. The topological polar surface area (TPSA) is 59.6 Å². The van der Waals surface area contributed by atoms with Crippen LogP contribution >= 0.6 is 0 Å². The first-order valence-electron chi connectivity index (χ1n) is 9.37. The van der Waals surface area contributed by atoms with Gasteiger partial charge < -0.3 is 20.1 Å². The molecule has 2 aromatic rings. The van der Waals surface area contributed by atoms with E-state index in [0.717, 1.165) is 6.54 Å². The Morgan fingerprint density at radius 3 is 2.48 bits per heavy atom. The predicted octanol–water partition coefficient (Wildman–Crippen LogP) is 3.74. The fourth-order valence-electron chi connectivity index (χ4n) is 3.33. The van der Waals surface area contributed by atoms with Crippen LogP contribution in [0.15, 0.2) is 48.5 Å². The van der Waals surface area contributed by atoms with Crippen molar-refractivity contribution in [3.05, 3.63) is 54.1 Å². The first-order valence-corrected chi connectivity index (χ1v) is 9.37. The van der Waals surface area contributed by atoms with Gasteiger partial charge in [0, 0.05) is 30.5 Å². The SMILES string of the molecule is COc1ccc(NC(=O)CC(C)NCC2(c3ccccc3)CC2)c(OC)c1. The van der Waals surface area contributed by atoms with E-state index in [0.29, 0.717) is 23.6 Å². The standard InChI is InChI=1S/C22H28N2O3/c1-16(23-15-22(11-12-22)17-7-5-4-6-8-17)13-21(25)24-19-10-9-18(26-2)14-20(19)27-3/h4-10,14,16,23H,11-13,15H2,1-3H3,(H,24,25). The highest BCUT2D eigenvalue weighted by atomic mass is 16.5. The maximum absolute atomic E-state index is 12.4. The summed E-state index contributed by atoms with van der Waals surface area (Å²) in [5, 5.41) is 6.46. The maximum Gasteiger partial charge on any atom is 0.226 e. The molecular weight excluding hydrogens is 340 g/mol. The molecule has 0 saturated heterocycles. The molecule has 2 aromatic carbocycles. The number of methoxy groups -OCH3 is 2. The number of amides is 1. The average molecular weight is 368 g/mol. The van der Waals surface area contributed by atoms with Gasteiger partial charge in [-0.15, -0.1) is 0 Å². The van der Waals surface area contributed by atoms with Crippen molar-refractivity contribution in [1.82, 2.24) is 5.32 Å². The molecule has 0 radical (unpaired) electrons. The molecule has 2 N–H and O–H groups in total. The largest absolute Gasteiger partial charge is 0.497 e. The quantitative estimate of drug-likeness (QED) is 0.708. The van der Waals surface area contributed by atoms with Crippen LogP contribution in [0.5, 0.6) is 11.5 Å². The van der Waals surface area contributed by atoms with E-state index in [9.17, 15) is 4.79 Å². The van der Waals surface area contributed by atoms with Gasteiger partial charge in [-0.2, -0.15) is 0 Å². The highest BCUT2D eigenvalue weighted by Crippen LogP contribution is 2.47. The van der Waals surface area contributed by atoms with Crippen LogP contribution in [-0.2, 0) is 10.2 Å². The number of nitrogens with one attached hydrogen (secondary N) is 2. The molecule has 144 valence electrons. The fraction of sp³-hybridized carbons (Fsp3) is 0.409. The summed E-state index contributed by atoms with van der Waals surface area (Å²) in [6, 6.07) is 16.1. The number of ether oxygens (including phenoxy) is 2. The van der Waals surface area contributed by atoms with Gasteiger partial charge in [0.2, 0.25) is 5.91 Å². The third-order valence-electron chi connectivity index (χ3n) is 5.20. The van der Waals surface area contributed by atoms with Crippen LogP contribution in [0.3, 0.4) is 0 Å². The maximum atomic E-state index is 12.4. The van der Waals surface area contributed by atoms with Gasteiger partial charge in [-0.05, 0) is 37.5 Å². The molecule has 0 spiro atoms. The van der Waals surface area contributed by atoms with Crippen molar-refractivity contribution in [2.45, 2.75) is 37.6 Å². The zero-order valence-electron chi connectivity index (χ0n) is 16.2. The van der Waals surface area contributed by atoms with Gasteiger partial charge in [-0.3, -0.25) is 4.79 Å². The molecule has 0 aromatic heterocycles. The monoisotopic (exact) mass is 368 g/mol. The van der Waals surface area contributed by atoms with E-state index in [-0.39, 0.29) is 17.4 Å². The van der Waals surface area contributed by atoms with E-state index in [2.05, 4.69) is 34.9 Å². The van der Waals surface area contributed by atoms with Crippen molar-refractivity contribution in [2.24, 2.45) is 0 Å². The van der Waals surface area contributed by atoms with E-state index in [1.54, 1.807) is 32.4 Å². The van der Waals surface area contributed by atoms with E-state index < -0.39 is 0 Å². The molecule has 1 aliphatic carbocycles. The number of hydrogen-bond acceptors (Lipinski definition) is 4. The number of hydrogen-bond donors (Lipinski definition) is 2. The smallest absolute Gasteiger partial charge is 0.226 e. The molecule has 1 unspecified atom stereocenters. The summed E-state index contributed by atoms with van der Waals surface area (Å²) in [6.07, 6.45) is 2.80. The van der Waals surface area contributed by atoms with Crippen LogP contribution in [0, 0.1) is 0 Å². The third kappa shape index (κ3) is 4.80. The molecule has 0 aliphatic heterocycles. The summed E-state index contributed by atoms with van der Waals surface area (Å²) in [5.74, 6) is 1.24. The molecule has 1 atom stereocenters. The first-order chi connectivity index (χ1) is 13.1. The van der Waals surface area contributed by atoms with Gasteiger partial charge in [0.05, 0.1) is 19.9 Å². The Kier molecular flexibility index (Phi) is 6.01. The Hall–Kier alpha value is -2.53. The fourth-order valence-corrected chi connectivity index (χ4v) is 3.33. The van der Waals surface area contributed by atoms with Crippen LogP contribution in [0.1, 0.15) is 31.7 Å². The molecular formula is C22H28N2O3. The molecule has 5 heteroatoms. The van der Waals surface area contributed by atoms with Crippen molar-refractivity contribution in [1.29, 1.82) is 0 Å². The number of rotatable bonds is 9. The van der Waals surface area contributed by atoms with E-state index >= 15 is 0 Å². The summed E-state index contributed by atoms with van der Waals surface area (Å²) in [6.45, 7) is 2.95. The van der Waals surface area contributed by atoms with Crippen molar-refractivity contribution in [3.63, 3.8) is 0 Å². The predicted molar refractivity (Wildman–Crippen MR) is 108 cm³/mol. The molecule has 27 heavy (non-hydrogen) atoms. The Labute approximate surface area is 161 Å². The summed E-state index contributed by atoms with van der Waals surface area (Å²) < 4.78 is 10.5. The minimum atomic E-state index is -0.0389. The van der Waals surface area contributed by atoms with Crippen molar-refractivity contribution >= 4 is 11.6 Å². The van der Waals surface area contributed by atoms with Crippen LogP contribution in [0.2, 0.25) is 0 Å². The number of carbonyl (C=O) groups excluding carboxylic acids is 1. The van der Waals surface area contributed by atoms with Crippen molar-refractivity contribution in [3.8, 4) is 11.5 Å². The summed E-state index contributed by atoms with van der Waals surface area (Å²) in [5.41, 5.74) is 2.28. The zero-order chi connectivity index (χ0) is 19.3. The van der Waals surface area contributed by atoms with Crippen molar-refractivity contribution in [2.75, 3.05) is 26.1 Å². The summed E-state index contributed by atoms with van der Waals surface area (Å²) in [7, 11) is 3.18. The first kappa shape index (κ1) is 19.2. The number of benzene rings is 2. The second-order valence-corrected chi connectivity index (χ2v) is 7.25. The molecule has 0 bridgehead atoms. The lowest BCUT2D eigenvalue weighted by Gasteiger charge is -2.20. The number of carbonyl (C=O) groups is 1. The van der Waals surface area contributed by atoms with Gasteiger partial charge in [-0.1, -0.05) is 30.3 Å². The molecule has 5 nitrogen and oxygen atoms in total. The molecule has 0 heterocycles. The Morgan fingerprint density at radius 1 is 1.11 bits per heavy atom. The van der Waals surface area contributed by atoms with Gasteiger partial charge in [0.15, 0.2) is 0 Å². The average Bonchev–Trinajstić information content (AvgIpc) is 3.48. The lowest BCUT2D eigenvalue weighted by atomic mass is 9.95. The molecule has 1 aliphatic rings. The van der Waals surface area contributed by atoms with E-state index in [4.69, 9.17) is 9.47 Å². The third-order valence-corrected chi connectivity index (χ3v) is 5.20. The lowest BCUT2D eigenvalue weighted by molar-refractivity contribution is -0.116. The highest BCUT2D eigenvalue weighted by molar-refractivity contribution is 5.92. The Morgan fingerprint density at radius 2 is 1.85 bits per heavy atom. The van der Waals surface area contributed by atoms with Crippen LogP contribution in [-0.4, -0.2) is 32.7 Å². The van der Waals surface area contributed by atoms with Crippen LogP contribution in [0.25, 0.3) is 0 Å². The zero-order valence-corrected chi connectivity index (χ0v) is 16.2. The van der Waals surface area contributed by atoms with Crippen molar-refractivity contribution < 1.29 is 14.3 Å². The second-order valence-electron chi connectivity index (χ2n) is 7.25. The Balaban J connectivity index is 1.51. The summed E-state index contributed by atoms with van der Waals surface area (Å²) in [4.78, 5) is 12.4. The van der Waals surface area contributed by atoms with Gasteiger partial charge in [0.1, 0.15) is 11.5 Å². The minimum Gasteiger partial charge on any atom is -0.497 e. The highest BCUT2D eigenvalue weighted by Gasteiger charge is 2.43. The van der Waals surface area contributed by atoms with Gasteiger partial charge >= 0.3 is 0 Å². The van der Waals surface area contributed by atoms with Gasteiger partial charge in [0.25, 0.3) is 0 Å². The minimum absolute atomic E-state index is 0.0389. The normalized spacial score (nSPS) is 15.7. The van der Waals surface area contributed by atoms with Crippen LogP contribution in [0.4, 0.5) is 5.69 Å². The number of anilines is 1.